The van der Waals surface area contributed by atoms with Crippen LogP contribution in [-0.4, -0.2) is 18.7 Å². The van der Waals surface area contributed by atoms with E-state index in [0.29, 0.717) is 50.7 Å². The Morgan fingerprint density at radius 3 is 1.82 bits per heavy atom. The van der Waals surface area contributed by atoms with Crippen molar-refractivity contribution in [3.63, 3.8) is 0 Å². The first-order valence-electron chi connectivity index (χ1n) is 37.2. The predicted molar refractivity (Wildman–Crippen MR) is 344 cm³/mol. The maximum atomic E-state index is 10.5. The number of ether oxygens (including phenoxy) is 1. The van der Waals surface area contributed by atoms with Gasteiger partial charge in [-0.25, -0.2) is 4.98 Å². The van der Waals surface area contributed by atoms with Gasteiger partial charge >= 0.3 is 0 Å². The minimum atomic E-state index is -4.54. The van der Waals surface area contributed by atoms with Crippen molar-refractivity contribution in [2.75, 3.05) is 0 Å². The topological polar surface area (TPSA) is 40.8 Å². The molecule has 4 aromatic heterocycles. The standard InChI is InChI=1S/C78H61N5O.Pt/c1-76(2,3)51-38-41-79-73(45-51)83-69-32-17-14-28-61(69)62-36-35-54(47-71(62)83)84-53-21-18-20-52(46-53)80-48-81-74-63(29-19-33-70(74)82-67-30-15-12-26-59(67)60-27-13-16-31-68(60)82)57-24-10-8-22-55(57)56-23-9-11-25-58(56)64-42-50(44-72(80)75(64)81)49-34-37-65-66(43-49)78(6,7)40-39-77(65,4)5;/h8-38,41-45H,39-40H2,1-7H3;/q-2;/i4D3,5D3,6D3,7D3,34D,37D,39D2,40D2,43D;. The summed E-state index contributed by atoms with van der Waals surface area (Å²) in [5.41, 5.74) is -2.42. The van der Waals surface area contributed by atoms with E-state index in [0.717, 1.165) is 60.3 Å². The fourth-order valence-electron chi connectivity index (χ4n) is 12.5. The Morgan fingerprint density at radius 2 is 1.14 bits per heavy atom. The molecule has 2 aliphatic rings. The van der Waals surface area contributed by atoms with E-state index in [9.17, 15) is 9.60 Å². The number of aromatic nitrogens is 5. The second kappa shape index (κ2) is 19.5. The normalized spacial score (nSPS) is 19.1. The number of hydrogen-bond donors (Lipinski definition) is 0. The summed E-state index contributed by atoms with van der Waals surface area (Å²) in [5.74, 6) is 1.20. The van der Waals surface area contributed by atoms with Gasteiger partial charge in [-0.2, -0.15) is 18.2 Å². The number of rotatable bonds is 6. The van der Waals surface area contributed by atoms with Crippen LogP contribution in [0.1, 0.15) is 104 Å². The van der Waals surface area contributed by atoms with Gasteiger partial charge in [-0.15, -0.1) is 29.7 Å². The summed E-state index contributed by atoms with van der Waals surface area (Å²) in [4.78, 5) is 4.86. The first-order valence-corrected chi connectivity index (χ1v) is 27.7. The Labute approximate surface area is 537 Å². The van der Waals surface area contributed by atoms with Crippen LogP contribution in [0.3, 0.4) is 0 Å². The molecule has 0 spiro atoms. The Bertz CT molecular complexity index is 5850. The molecule has 14 aromatic rings. The van der Waals surface area contributed by atoms with Gasteiger partial charge in [0.15, 0.2) is 0 Å². The largest absolute Gasteiger partial charge is 0.510 e. The third kappa shape index (κ3) is 8.31. The molecule has 0 radical (unpaired) electrons. The molecule has 0 saturated carbocycles. The van der Waals surface area contributed by atoms with Gasteiger partial charge in [0, 0.05) is 77.0 Å². The molecule has 0 saturated heterocycles. The number of pyridine rings is 1. The number of nitrogens with zero attached hydrogens (tertiary/aromatic N) is 5. The van der Waals surface area contributed by atoms with Crippen LogP contribution in [0.25, 0.3) is 122 Å². The Kier molecular flexibility index (Phi) is 8.23. The van der Waals surface area contributed by atoms with E-state index >= 15 is 0 Å². The molecule has 5 heterocycles. The van der Waals surface area contributed by atoms with E-state index < -0.39 is 85.8 Å². The molecule has 1 aliphatic heterocycles. The Hall–Kier alpha value is -9.09. The summed E-state index contributed by atoms with van der Waals surface area (Å²) >= 11 is 0. The molecule has 0 bridgehead atoms. The quantitative estimate of drug-likeness (QED) is 0.123. The summed E-state index contributed by atoms with van der Waals surface area (Å²) in [6.07, 6.45) is -3.53. The monoisotopic (exact) mass is 1300 g/mol. The third-order valence-corrected chi connectivity index (χ3v) is 16.4. The molecule has 0 unspecified atom stereocenters. The van der Waals surface area contributed by atoms with Gasteiger partial charge in [-0.05, 0) is 144 Å². The molecule has 0 fully saturated rings. The fourth-order valence-corrected chi connectivity index (χ4v) is 12.5. The smallest absolute Gasteiger partial charge is 0.268 e. The van der Waals surface area contributed by atoms with Crippen molar-refractivity contribution in [1.82, 2.24) is 18.7 Å². The molecular formula is C78H61N5OPt-2. The van der Waals surface area contributed by atoms with Crippen LogP contribution in [-0.2, 0) is 37.3 Å². The van der Waals surface area contributed by atoms with Crippen LogP contribution >= 0.6 is 0 Å². The van der Waals surface area contributed by atoms with Crippen LogP contribution in [0.4, 0.5) is 0 Å². The predicted octanol–water partition coefficient (Wildman–Crippen LogP) is 19.3. The molecule has 10 aromatic carbocycles. The molecule has 0 N–H and O–H groups in total. The van der Waals surface area contributed by atoms with Gasteiger partial charge in [0.1, 0.15) is 5.82 Å². The van der Waals surface area contributed by atoms with Crippen molar-refractivity contribution in [3.05, 3.63) is 254 Å². The van der Waals surface area contributed by atoms with Crippen LogP contribution in [0.5, 0.6) is 11.5 Å². The maximum absolute atomic E-state index is 10.5. The molecule has 416 valence electrons. The van der Waals surface area contributed by atoms with E-state index in [4.69, 9.17) is 26.2 Å². The van der Waals surface area contributed by atoms with Gasteiger partial charge in [0.25, 0.3) is 6.33 Å². The van der Waals surface area contributed by atoms with Crippen LogP contribution in [0.2, 0.25) is 0 Å². The number of para-hydroxylation sites is 4. The SMILES string of the molecule is [2H]c1c([2H])c2c(c([2H])c1-c1cc3c4c(c1)n(-c1[c-]c(Oc5[c-]c6c(cc5)c5ccccc5n6-c5cc(C(C)(C)C)ccn5)ccc1)[c-][n+]4-c1c(cccc1-n1c4ccccc4c4ccccc41)-c1ccccc1-c1ccccc1-3)C(C([2H])([2H])[2H])(C([2H])([2H])[2H])C([2H])([2H])C([2H])([2H])C2(C([2H])([2H])[2H])C([2H])([2H])[2H].[Pt]. The summed E-state index contributed by atoms with van der Waals surface area (Å²) < 4.78 is 192. The molecule has 16 rings (SSSR count). The first kappa shape index (κ1) is 35.9. The van der Waals surface area contributed by atoms with Crippen molar-refractivity contribution in [3.8, 4) is 78.9 Å². The molecule has 0 amide bonds. The molecule has 0 atom stereocenters. The number of fused-ring (bicyclic) bond motifs is 14. The second-order valence-electron chi connectivity index (χ2n) is 22.6. The first-order chi connectivity index (χ1) is 48.6. The van der Waals surface area contributed by atoms with Crippen molar-refractivity contribution in [2.45, 2.75) is 77.2 Å². The van der Waals surface area contributed by atoms with E-state index in [1.165, 1.54) is 6.07 Å². The fraction of sp³-hybridized carbons (Fsp3) is 0.154. The summed E-state index contributed by atoms with van der Waals surface area (Å²) in [6.45, 7) is -10.6. The zero-order chi connectivity index (χ0) is 73.0. The van der Waals surface area contributed by atoms with E-state index in [2.05, 4.69) is 62.0 Å². The van der Waals surface area contributed by atoms with Crippen molar-refractivity contribution < 1.29 is 56.4 Å². The second-order valence-corrected chi connectivity index (χ2v) is 22.6. The van der Waals surface area contributed by atoms with Crippen molar-refractivity contribution in [1.29, 1.82) is 0 Å². The number of benzene rings is 10. The minimum absolute atomic E-state index is 0. The van der Waals surface area contributed by atoms with Gasteiger partial charge in [-0.3, -0.25) is 4.57 Å². The van der Waals surface area contributed by atoms with Crippen LogP contribution < -0.4 is 9.30 Å². The van der Waals surface area contributed by atoms with Crippen molar-refractivity contribution in [2.24, 2.45) is 0 Å². The van der Waals surface area contributed by atoms with Gasteiger partial charge in [0.2, 0.25) is 0 Å². The van der Waals surface area contributed by atoms with Crippen LogP contribution in [0, 0.1) is 18.5 Å². The van der Waals surface area contributed by atoms with Crippen molar-refractivity contribution >= 4 is 54.6 Å². The molecule has 1 aliphatic carbocycles. The molecular weight excluding hydrogens is 1220 g/mol. The maximum Gasteiger partial charge on any atom is 0.268 e. The Morgan fingerprint density at radius 1 is 0.553 bits per heavy atom. The average molecular weight is 1300 g/mol. The minimum Gasteiger partial charge on any atom is -0.510 e. The average Bonchev–Trinajstić information content (AvgIpc) is 0.769. The van der Waals surface area contributed by atoms with Crippen LogP contribution in [0.15, 0.2) is 218 Å². The third-order valence-electron chi connectivity index (χ3n) is 16.4. The van der Waals surface area contributed by atoms with Gasteiger partial charge in [-0.1, -0.05) is 193 Å². The molecule has 7 heteroatoms. The van der Waals surface area contributed by atoms with Gasteiger partial charge in [0.05, 0.1) is 37.6 Å². The number of hydrogen-bond acceptors (Lipinski definition) is 2. The van der Waals surface area contributed by atoms with E-state index in [1.54, 1.807) is 35.0 Å². The molecule has 85 heavy (non-hydrogen) atoms. The zero-order valence-electron chi connectivity index (χ0n) is 65.0. The van der Waals surface area contributed by atoms with Gasteiger partial charge < -0.3 is 18.4 Å². The summed E-state index contributed by atoms with van der Waals surface area (Å²) in [7, 11) is 0. The Balaban J connectivity index is 0.00000870. The number of imidazole rings is 1. The van der Waals surface area contributed by atoms with E-state index in [1.807, 2.05) is 155 Å². The summed E-state index contributed by atoms with van der Waals surface area (Å²) in [6, 6.07) is 64.7. The van der Waals surface area contributed by atoms with E-state index in [-0.39, 0.29) is 49.0 Å². The molecule has 6 nitrogen and oxygen atoms in total. The zero-order valence-corrected chi connectivity index (χ0v) is 48.3. The summed E-state index contributed by atoms with van der Waals surface area (Å²) in [5, 5.41) is 3.81.